The highest BCUT2D eigenvalue weighted by molar-refractivity contribution is 6.17. The van der Waals surface area contributed by atoms with Crippen LogP contribution in [0.3, 0.4) is 0 Å². The lowest BCUT2D eigenvalue weighted by Gasteiger charge is -2.11. The van der Waals surface area contributed by atoms with Crippen LogP contribution in [0.25, 0.3) is 16.7 Å². The number of hydrogen-bond acceptors (Lipinski definition) is 1. The number of halogens is 3. The molecule has 3 aromatic rings. The number of aromatic nitrogens is 2. The van der Waals surface area contributed by atoms with Crippen molar-refractivity contribution in [1.29, 1.82) is 0 Å². The van der Waals surface area contributed by atoms with Gasteiger partial charge in [0.05, 0.1) is 16.7 Å². The summed E-state index contributed by atoms with van der Waals surface area (Å²) in [4.78, 5) is 4.50. The first-order chi connectivity index (χ1) is 10.1. The van der Waals surface area contributed by atoms with E-state index in [9.17, 15) is 8.78 Å². The summed E-state index contributed by atoms with van der Waals surface area (Å²) in [6.07, 6.45) is 0.550. The number of nitrogens with zero attached hydrogens (tertiary/aromatic N) is 2. The monoisotopic (exact) mass is 306 g/mol. The van der Waals surface area contributed by atoms with Gasteiger partial charge in [-0.2, -0.15) is 0 Å². The molecule has 2 nitrogen and oxygen atoms in total. The molecular weight excluding hydrogens is 294 g/mol. The molecular formula is C16H13ClF2N2. The Kier molecular flexibility index (Phi) is 3.64. The molecule has 5 heteroatoms. The average molecular weight is 307 g/mol. The first kappa shape index (κ1) is 14.0. The minimum atomic E-state index is -0.333. The second kappa shape index (κ2) is 5.45. The highest BCUT2D eigenvalue weighted by atomic mass is 35.5. The van der Waals surface area contributed by atoms with Gasteiger partial charge in [-0.05, 0) is 42.8 Å². The van der Waals surface area contributed by atoms with Crippen molar-refractivity contribution in [3.63, 3.8) is 0 Å². The molecule has 0 radical (unpaired) electrons. The molecule has 2 aromatic carbocycles. The van der Waals surface area contributed by atoms with E-state index in [1.54, 1.807) is 12.1 Å². The van der Waals surface area contributed by atoms with Gasteiger partial charge in [-0.1, -0.05) is 0 Å². The van der Waals surface area contributed by atoms with Crippen LogP contribution in [0.5, 0.6) is 0 Å². The molecule has 0 aliphatic heterocycles. The Morgan fingerprint density at radius 2 is 1.81 bits per heavy atom. The largest absolute Gasteiger partial charge is 0.296 e. The van der Waals surface area contributed by atoms with Crippen LogP contribution in [0.2, 0.25) is 0 Å². The van der Waals surface area contributed by atoms with Crippen molar-refractivity contribution >= 4 is 22.6 Å². The quantitative estimate of drug-likeness (QED) is 0.656. The fraction of sp³-hybridized carbons (Fsp3) is 0.188. The Balaban J connectivity index is 2.32. The third-order valence-corrected chi connectivity index (χ3v) is 3.59. The fourth-order valence-electron chi connectivity index (χ4n) is 2.49. The van der Waals surface area contributed by atoms with E-state index in [-0.39, 0.29) is 11.6 Å². The standard InChI is InChI=1S/C16H13ClF2N2/c1-10-8-11(18)3-5-14(10)21-15-9-12(19)2-4-13(15)20-16(21)6-7-17/h2-5,8-9H,6-7H2,1H3. The van der Waals surface area contributed by atoms with Crippen LogP contribution in [-0.4, -0.2) is 15.4 Å². The van der Waals surface area contributed by atoms with Gasteiger partial charge in [0, 0.05) is 18.4 Å². The number of fused-ring (bicyclic) bond motifs is 1. The molecule has 0 amide bonds. The van der Waals surface area contributed by atoms with Gasteiger partial charge < -0.3 is 0 Å². The Labute approximate surface area is 126 Å². The number of alkyl halides is 1. The molecule has 108 valence electrons. The molecule has 0 aliphatic rings. The van der Waals surface area contributed by atoms with Gasteiger partial charge in [0.1, 0.15) is 17.5 Å². The van der Waals surface area contributed by atoms with Gasteiger partial charge in [-0.25, -0.2) is 13.8 Å². The molecule has 0 spiro atoms. The molecule has 1 aromatic heterocycles. The second-order valence-electron chi connectivity index (χ2n) is 4.87. The van der Waals surface area contributed by atoms with Crippen LogP contribution in [0, 0.1) is 18.6 Å². The lowest BCUT2D eigenvalue weighted by molar-refractivity contribution is 0.625. The molecule has 0 aliphatic carbocycles. The smallest absolute Gasteiger partial charge is 0.125 e. The van der Waals surface area contributed by atoms with Crippen molar-refractivity contribution in [3.8, 4) is 5.69 Å². The van der Waals surface area contributed by atoms with E-state index in [4.69, 9.17) is 11.6 Å². The molecule has 0 unspecified atom stereocenters. The van der Waals surface area contributed by atoms with Gasteiger partial charge in [-0.3, -0.25) is 4.57 Å². The molecule has 0 bridgehead atoms. The van der Waals surface area contributed by atoms with Gasteiger partial charge >= 0.3 is 0 Å². The highest BCUT2D eigenvalue weighted by Gasteiger charge is 2.14. The van der Waals surface area contributed by atoms with Crippen molar-refractivity contribution in [2.75, 3.05) is 5.88 Å². The normalized spacial score (nSPS) is 11.2. The van der Waals surface area contributed by atoms with Gasteiger partial charge in [0.2, 0.25) is 0 Å². The van der Waals surface area contributed by atoms with E-state index >= 15 is 0 Å². The molecule has 21 heavy (non-hydrogen) atoms. The summed E-state index contributed by atoms with van der Waals surface area (Å²) in [5.74, 6) is 0.512. The first-order valence-corrected chi connectivity index (χ1v) is 7.13. The Morgan fingerprint density at radius 3 is 2.52 bits per heavy atom. The maximum atomic E-state index is 13.6. The van der Waals surface area contributed by atoms with Crippen molar-refractivity contribution in [3.05, 3.63) is 59.4 Å². The predicted molar refractivity (Wildman–Crippen MR) is 80.1 cm³/mol. The number of rotatable bonds is 3. The first-order valence-electron chi connectivity index (χ1n) is 6.59. The number of imidazole rings is 1. The minimum Gasteiger partial charge on any atom is -0.296 e. The molecule has 3 rings (SSSR count). The van der Waals surface area contributed by atoms with Gasteiger partial charge in [0.25, 0.3) is 0 Å². The van der Waals surface area contributed by atoms with Crippen LogP contribution in [0.15, 0.2) is 36.4 Å². The number of hydrogen-bond donors (Lipinski definition) is 0. The van der Waals surface area contributed by atoms with E-state index in [0.717, 1.165) is 17.1 Å². The third kappa shape index (κ3) is 2.51. The van der Waals surface area contributed by atoms with E-state index in [2.05, 4.69) is 4.98 Å². The molecule has 0 fully saturated rings. The zero-order valence-electron chi connectivity index (χ0n) is 11.4. The summed E-state index contributed by atoms with van der Waals surface area (Å²) in [5, 5.41) is 0. The van der Waals surface area contributed by atoms with Crippen LogP contribution in [-0.2, 0) is 6.42 Å². The van der Waals surface area contributed by atoms with E-state index in [0.29, 0.717) is 23.3 Å². The summed E-state index contributed by atoms with van der Waals surface area (Å²) in [6.45, 7) is 1.81. The Hall–Kier alpha value is -1.94. The maximum absolute atomic E-state index is 13.6. The van der Waals surface area contributed by atoms with Gasteiger partial charge in [0.15, 0.2) is 0 Å². The third-order valence-electron chi connectivity index (χ3n) is 3.40. The summed E-state index contributed by atoms with van der Waals surface area (Å²) in [7, 11) is 0. The fourth-order valence-corrected chi connectivity index (χ4v) is 2.66. The van der Waals surface area contributed by atoms with Crippen molar-refractivity contribution in [2.45, 2.75) is 13.3 Å². The number of aryl methyl sites for hydroxylation is 2. The predicted octanol–water partition coefficient (Wildman–Crippen LogP) is 4.39. The van der Waals surface area contributed by atoms with Crippen molar-refractivity contribution in [2.24, 2.45) is 0 Å². The zero-order valence-corrected chi connectivity index (χ0v) is 12.2. The summed E-state index contributed by atoms with van der Waals surface area (Å²) < 4.78 is 28.7. The van der Waals surface area contributed by atoms with Crippen LogP contribution < -0.4 is 0 Å². The topological polar surface area (TPSA) is 17.8 Å². The zero-order chi connectivity index (χ0) is 15.0. The van der Waals surface area contributed by atoms with Gasteiger partial charge in [-0.15, -0.1) is 11.6 Å². The minimum absolute atomic E-state index is 0.300. The van der Waals surface area contributed by atoms with Crippen LogP contribution in [0.1, 0.15) is 11.4 Å². The molecule has 0 N–H and O–H groups in total. The second-order valence-corrected chi connectivity index (χ2v) is 5.24. The van der Waals surface area contributed by atoms with Crippen LogP contribution >= 0.6 is 11.6 Å². The van der Waals surface area contributed by atoms with E-state index < -0.39 is 0 Å². The summed E-state index contributed by atoms with van der Waals surface area (Å²) in [5.41, 5.74) is 2.89. The Bertz CT molecular complexity index is 811. The highest BCUT2D eigenvalue weighted by Crippen LogP contribution is 2.25. The molecule has 0 saturated heterocycles. The molecule has 1 heterocycles. The van der Waals surface area contributed by atoms with E-state index in [1.807, 2.05) is 11.5 Å². The molecule has 0 saturated carbocycles. The summed E-state index contributed by atoms with van der Waals surface area (Å²) in [6, 6.07) is 8.96. The Morgan fingerprint density at radius 1 is 1.10 bits per heavy atom. The lowest BCUT2D eigenvalue weighted by Crippen LogP contribution is -2.04. The summed E-state index contributed by atoms with van der Waals surface area (Å²) >= 11 is 5.83. The van der Waals surface area contributed by atoms with E-state index in [1.165, 1.54) is 24.3 Å². The van der Waals surface area contributed by atoms with Crippen LogP contribution in [0.4, 0.5) is 8.78 Å². The van der Waals surface area contributed by atoms with Crippen molar-refractivity contribution < 1.29 is 8.78 Å². The molecule has 0 atom stereocenters. The average Bonchev–Trinajstić information content (AvgIpc) is 2.77. The maximum Gasteiger partial charge on any atom is 0.125 e. The van der Waals surface area contributed by atoms with Crippen molar-refractivity contribution in [1.82, 2.24) is 9.55 Å². The lowest BCUT2D eigenvalue weighted by atomic mass is 10.2. The SMILES string of the molecule is Cc1cc(F)ccc1-n1c(CCCl)nc2ccc(F)cc21. The number of benzene rings is 2.